The number of aliphatic hydroxyl groups excluding tert-OH is 1. The number of carbonyl (C=O) groups excluding carboxylic acids is 2. The highest BCUT2D eigenvalue weighted by atomic mass is 35.5. The first-order valence-electron chi connectivity index (χ1n) is 11.9. The molecule has 1 spiro atoms. The van der Waals surface area contributed by atoms with Crippen LogP contribution in [0.2, 0.25) is 5.02 Å². The van der Waals surface area contributed by atoms with Gasteiger partial charge in [-0.3, -0.25) is 14.4 Å². The number of likely N-dealkylation sites (tertiary alicyclic amines) is 1. The number of amides is 2. The van der Waals surface area contributed by atoms with Crippen molar-refractivity contribution >= 4 is 35.1 Å². The zero-order chi connectivity index (χ0) is 25.6. The van der Waals surface area contributed by atoms with Gasteiger partial charge in [0.2, 0.25) is 5.91 Å². The summed E-state index contributed by atoms with van der Waals surface area (Å²) in [6, 6.07) is 13.7. The van der Waals surface area contributed by atoms with Crippen LogP contribution >= 0.6 is 11.6 Å². The zero-order valence-electron chi connectivity index (χ0n) is 19.5. The lowest BCUT2D eigenvalue weighted by atomic mass is 9.70. The minimum absolute atomic E-state index is 0.153. The SMILES string of the molecule is C=CCN(C(=O)C1N([C@H](CO)c2ccccc2)C(=O)[C@@H]2[C@@H](C(=O)O)[C@H]3CCC12O3)c1ccc(Cl)cc1. The fourth-order valence-corrected chi connectivity index (χ4v) is 6.36. The number of ether oxygens (including phenoxy) is 1. The molecule has 2 aromatic rings. The van der Waals surface area contributed by atoms with Crippen LogP contribution in [-0.4, -0.2) is 63.8 Å². The third-order valence-corrected chi connectivity index (χ3v) is 7.92. The van der Waals surface area contributed by atoms with Crippen LogP contribution < -0.4 is 4.90 Å². The van der Waals surface area contributed by atoms with E-state index in [9.17, 15) is 24.6 Å². The fourth-order valence-electron chi connectivity index (χ4n) is 6.24. The molecule has 3 saturated heterocycles. The monoisotopic (exact) mass is 510 g/mol. The first-order chi connectivity index (χ1) is 17.3. The van der Waals surface area contributed by atoms with E-state index in [1.54, 1.807) is 54.6 Å². The summed E-state index contributed by atoms with van der Waals surface area (Å²) in [5.74, 6) is -4.09. The molecule has 0 aromatic heterocycles. The van der Waals surface area contributed by atoms with Gasteiger partial charge in [0.05, 0.1) is 30.6 Å². The van der Waals surface area contributed by atoms with Crippen molar-refractivity contribution in [1.82, 2.24) is 4.90 Å². The van der Waals surface area contributed by atoms with Crippen molar-refractivity contribution in [3.05, 3.63) is 77.8 Å². The van der Waals surface area contributed by atoms with Crippen LogP contribution in [0.5, 0.6) is 0 Å². The Hall–Kier alpha value is -3.20. The molecule has 2 N–H and O–H groups in total. The maximum Gasteiger partial charge on any atom is 0.310 e. The van der Waals surface area contributed by atoms with Crippen LogP contribution in [-0.2, 0) is 19.1 Å². The van der Waals surface area contributed by atoms with E-state index in [-0.39, 0.29) is 6.54 Å². The van der Waals surface area contributed by atoms with E-state index in [1.165, 1.54) is 9.80 Å². The Morgan fingerprint density at radius 1 is 1.22 bits per heavy atom. The molecule has 0 saturated carbocycles. The van der Waals surface area contributed by atoms with Crippen LogP contribution in [0.4, 0.5) is 5.69 Å². The summed E-state index contributed by atoms with van der Waals surface area (Å²) in [4.78, 5) is 43.5. The van der Waals surface area contributed by atoms with E-state index < -0.39 is 60.0 Å². The number of hydrogen-bond acceptors (Lipinski definition) is 5. The van der Waals surface area contributed by atoms with Crippen molar-refractivity contribution in [3.8, 4) is 0 Å². The van der Waals surface area contributed by atoms with E-state index in [1.807, 2.05) is 6.07 Å². The zero-order valence-corrected chi connectivity index (χ0v) is 20.3. The maximum absolute atomic E-state index is 14.4. The molecule has 188 valence electrons. The number of aliphatic carboxylic acids is 1. The van der Waals surface area contributed by atoms with Gasteiger partial charge in [0.15, 0.2) is 0 Å². The molecule has 0 radical (unpaired) electrons. The van der Waals surface area contributed by atoms with E-state index in [0.29, 0.717) is 29.1 Å². The highest BCUT2D eigenvalue weighted by Gasteiger charge is 2.75. The third kappa shape index (κ3) is 3.63. The molecule has 2 aromatic carbocycles. The predicted octanol–water partition coefficient (Wildman–Crippen LogP) is 3.05. The van der Waals surface area contributed by atoms with Crippen molar-refractivity contribution in [2.75, 3.05) is 18.1 Å². The summed E-state index contributed by atoms with van der Waals surface area (Å²) in [5, 5.41) is 20.9. The minimum atomic E-state index is -1.30. The summed E-state index contributed by atoms with van der Waals surface area (Å²) in [5.41, 5.74) is -0.0968. The Morgan fingerprint density at radius 3 is 2.53 bits per heavy atom. The first kappa shape index (κ1) is 24.5. The molecular weight excluding hydrogens is 484 g/mol. The van der Waals surface area contributed by atoms with Gasteiger partial charge >= 0.3 is 5.97 Å². The molecule has 5 rings (SSSR count). The lowest BCUT2D eigenvalue weighted by molar-refractivity contribution is -0.151. The number of anilines is 1. The number of rotatable bonds is 8. The number of halogens is 1. The van der Waals surface area contributed by atoms with E-state index in [0.717, 1.165) is 0 Å². The van der Waals surface area contributed by atoms with Crippen molar-refractivity contribution in [3.63, 3.8) is 0 Å². The number of fused-ring (bicyclic) bond motifs is 1. The van der Waals surface area contributed by atoms with Gasteiger partial charge < -0.3 is 24.7 Å². The van der Waals surface area contributed by atoms with E-state index in [4.69, 9.17) is 16.3 Å². The molecular formula is C27H27ClN2O6. The van der Waals surface area contributed by atoms with Crippen molar-refractivity contribution in [1.29, 1.82) is 0 Å². The molecule has 9 heteroatoms. The molecule has 8 nitrogen and oxygen atoms in total. The summed E-state index contributed by atoms with van der Waals surface area (Å²) < 4.78 is 6.29. The van der Waals surface area contributed by atoms with Gasteiger partial charge in [-0.2, -0.15) is 0 Å². The highest BCUT2D eigenvalue weighted by Crippen LogP contribution is 2.60. The second kappa shape index (κ2) is 9.35. The van der Waals surface area contributed by atoms with Crippen LogP contribution in [0.3, 0.4) is 0 Å². The van der Waals surface area contributed by atoms with Gasteiger partial charge in [0.1, 0.15) is 11.6 Å². The molecule has 3 aliphatic heterocycles. The molecule has 3 heterocycles. The Bertz CT molecular complexity index is 1190. The molecule has 36 heavy (non-hydrogen) atoms. The summed E-state index contributed by atoms with van der Waals surface area (Å²) >= 11 is 6.06. The largest absolute Gasteiger partial charge is 0.481 e. The van der Waals surface area contributed by atoms with Gasteiger partial charge in [0, 0.05) is 17.3 Å². The number of carbonyl (C=O) groups is 3. The fraction of sp³-hybridized carbons (Fsp3) is 0.370. The van der Waals surface area contributed by atoms with Crippen LogP contribution in [0, 0.1) is 11.8 Å². The second-order valence-corrected chi connectivity index (χ2v) is 9.90. The van der Waals surface area contributed by atoms with Crippen LogP contribution in [0.1, 0.15) is 24.4 Å². The van der Waals surface area contributed by atoms with Gasteiger partial charge in [-0.05, 0) is 42.7 Å². The van der Waals surface area contributed by atoms with Crippen molar-refractivity contribution in [2.24, 2.45) is 11.8 Å². The molecule has 3 fully saturated rings. The van der Waals surface area contributed by atoms with Crippen molar-refractivity contribution < 1.29 is 29.3 Å². The van der Waals surface area contributed by atoms with Gasteiger partial charge in [-0.25, -0.2) is 0 Å². The summed E-state index contributed by atoms with van der Waals surface area (Å²) in [7, 11) is 0. The minimum Gasteiger partial charge on any atom is -0.481 e. The maximum atomic E-state index is 14.4. The molecule has 3 aliphatic rings. The molecule has 2 amide bonds. The standard InChI is InChI=1S/C27H27ClN2O6/c1-2-14-29(18-10-8-17(28)9-11-18)25(33)23-27-13-12-20(36-27)21(26(34)35)22(27)24(32)30(23)19(15-31)16-6-4-3-5-7-16/h2-11,19-23,31H,1,12-15H2,(H,34,35)/t19-,20-,21+,22+,23?,27?/m1/s1. The van der Waals surface area contributed by atoms with Gasteiger partial charge in [-0.15, -0.1) is 6.58 Å². The predicted molar refractivity (Wildman–Crippen MR) is 132 cm³/mol. The van der Waals surface area contributed by atoms with Gasteiger partial charge in [-0.1, -0.05) is 48.0 Å². The average Bonchev–Trinajstić information content (AvgIpc) is 3.52. The van der Waals surface area contributed by atoms with E-state index >= 15 is 0 Å². The number of aliphatic hydroxyl groups is 1. The Morgan fingerprint density at radius 2 is 1.92 bits per heavy atom. The first-order valence-corrected chi connectivity index (χ1v) is 12.3. The Kier molecular flexibility index (Phi) is 6.36. The average molecular weight is 511 g/mol. The van der Waals surface area contributed by atoms with Crippen LogP contribution in [0.25, 0.3) is 0 Å². The Balaban J connectivity index is 1.65. The van der Waals surface area contributed by atoms with Gasteiger partial charge in [0.25, 0.3) is 5.91 Å². The molecule has 0 aliphatic carbocycles. The Labute approximate surface area is 213 Å². The van der Waals surface area contributed by atoms with Crippen LogP contribution in [0.15, 0.2) is 67.3 Å². The number of carboxylic acids is 1. The van der Waals surface area contributed by atoms with Crippen molar-refractivity contribution in [2.45, 2.75) is 36.6 Å². The second-order valence-electron chi connectivity index (χ2n) is 9.46. The lowest BCUT2D eigenvalue weighted by Crippen LogP contribution is -2.57. The number of benzene rings is 2. The summed E-state index contributed by atoms with van der Waals surface area (Å²) in [6.45, 7) is 3.50. The highest BCUT2D eigenvalue weighted by molar-refractivity contribution is 6.30. The smallest absolute Gasteiger partial charge is 0.310 e. The summed E-state index contributed by atoms with van der Waals surface area (Å²) in [6.07, 6.45) is 1.76. The lowest BCUT2D eigenvalue weighted by Gasteiger charge is -2.39. The van der Waals surface area contributed by atoms with E-state index in [2.05, 4.69) is 6.58 Å². The number of nitrogens with zero attached hydrogens (tertiary/aromatic N) is 2. The topological polar surface area (TPSA) is 107 Å². The molecule has 6 atom stereocenters. The number of hydrogen-bond donors (Lipinski definition) is 2. The molecule has 2 bridgehead atoms. The molecule has 2 unspecified atom stereocenters. The number of carboxylic acid groups (broad SMARTS) is 1. The third-order valence-electron chi connectivity index (χ3n) is 7.67. The normalized spacial score (nSPS) is 29.2. The quantitative estimate of drug-likeness (QED) is 0.529.